The predicted octanol–water partition coefficient (Wildman–Crippen LogP) is 1.40. The lowest BCUT2D eigenvalue weighted by molar-refractivity contribution is 0.328. The quantitative estimate of drug-likeness (QED) is 0.638. The highest BCUT2D eigenvalue weighted by atomic mass is 32.2. The molecule has 2 aliphatic rings. The summed E-state index contributed by atoms with van der Waals surface area (Å²) in [6.07, 6.45) is 2.98. The molecule has 0 aromatic carbocycles. The molecule has 0 amide bonds. The van der Waals surface area contributed by atoms with Gasteiger partial charge in [0.1, 0.15) is 0 Å². The topological polar surface area (TPSA) is 43.4 Å². The molecule has 0 saturated heterocycles. The molecule has 0 aromatic heterocycles. The first-order valence-electron chi connectivity index (χ1n) is 4.84. The number of rotatable bonds is 2. The van der Waals surface area contributed by atoms with Crippen molar-refractivity contribution in [2.45, 2.75) is 31.4 Å². The van der Waals surface area contributed by atoms with Crippen molar-refractivity contribution in [3.05, 3.63) is 0 Å². The summed E-state index contributed by atoms with van der Waals surface area (Å²) >= 11 is 0. The molecule has 2 rings (SSSR count). The first-order valence-corrected chi connectivity index (χ1v) is 6.31. The molecule has 0 heterocycles. The molecule has 2 fully saturated rings. The van der Waals surface area contributed by atoms with E-state index in [4.69, 9.17) is 0 Å². The van der Waals surface area contributed by atoms with E-state index in [1.165, 1.54) is 7.11 Å². The summed E-state index contributed by atoms with van der Waals surface area (Å²) in [5.41, 5.74) is 0. The van der Waals surface area contributed by atoms with E-state index in [0.29, 0.717) is 17.8 Å². The molecule has 2 bridgehead atoms. The molecule has 4 heteroatoms. The molecular weight excluding hydrogens is 188 g/mol. The maximum absolute atomic E-state index is 11.5. The summed E-state index contributed by atoms with van der Waals surface area (Å²) in [7, 11) is -1.98. The lowest BCUT2D eigenvalue weighted by Gasteiger charge is -2.24. The maximum Gasteiger partial charge on any atom is 0.270 e. The number of hydrogen-bond donors (Lipinski definition) is 0. The maximum atomic E-state index is 11.5. The van der Waals surface area contributed by atoms with Gasteiger partial charge in [-0.25, -0.2) is 0 Å². The minimum Gasteiger partial charge on any atom is -0.273 e. The van der Waals surface area contributed by atoms with Crippen LogP contribution in [0.15, 0.2) is 0 Å². The van der Waals surface area contributed by atoms with Gasteiger partial charge in [0.15, 0.2) is 0 Å². The molecule has 0 spiro atoms. The van der Waals surface area contributed by atoms with Crippen molar-refractivity contribution in [3.63, 3.8) is 0 Å². The van der Waals surface area contributed by atoms with E-state index < -0.39 is 10.1 Å². The average Bonchev–Trinajstić information content (AvgIpc) is 2.62. The molecule has 2 saturated carbocycles. The SMILES string of the molecule is COS(=O)(=O)C1C[C@@H]2CC1CC2C. The predicted molar refractivity (Wildman–Crippen MR) is 49.7 cm³/mol. The van der Waals surface area contributed by atoms with Gasteiger partial charge in [0.25, 0.3) is 10.1 Å². The Kier molecular flexibility index (Phi) is 2.15. The zero-order valence-electron chi connectivity index (χ0n) is 8.06. The molecule has 76 valence electrons. The minimum absolute atomic E-state index is 0.210. The van der Waals surface area contributed by atoms with E-state index in [9.17, 15) is 8.42 Å². The van der Waals surface area contributed by atoms with Crippen LogP contribution < -0.4 is 0 Å². The molecule has 3 unspecified atom stereocenters. The molecule has 2 aliphatic carbocycles. The van der Waals surface area contributed by atoms with Crippen LogP contribution in [0.4, 0.5) is 0 Å². The Bertz CT molecular complexity index is 294. The first-order chi connectivity index (χ1) is 6.04. The molecule has 13 heavy (non-hydrogen) atoms. The molecule has 0 aliphatic heterocycles. The fourth-order valence-electron chi connectivity index (χ4n) is 2.99. The van der Waals surface area contributed by atoms with Gasteiger partial charge in [-0.3, -0.25) is 4.18 Å². The molecule has 0 aromatic rings. The number of fused-ring (bicyclic) bond motifs is 2. The van der Waals surface area contributed by atoms with Gasteiger partial charge in [-0.2, -0.15) is 8.42 Å². The van der Waals surface area contributed by atoms with Crippen LogP contribution in [0.3, 0.4) is 0 Å². The second kappa shape index (κ2) is 2.95. The molecule has 0 N–H and O–H groups in total. The Balaban J connectivity index is 2.16. The van der Waals surface area contributed by atoms with Crippen LogP contribution in [0.2, 0.25) is 0 Å². The van der Waals surface area contributed by atoms with E-state index >= 15 is 0 Å². The second-order valence-electron chi connectivity index (χ2n) is 4.40. The zero-order chi connectivity index (χ0) is 9.64. The summed E-state index contributed by atoms with van der Waals surface area (Å²) in [4.78, 5) is 0. The Morgan fingerprint density at radius 3 is 2.23 bits per heavy atom. The smallest absolute Gasteiger partial charge is 0.270 e. The fraction of sp³-hybridized carbons (Fsp3) is 1.00. The van der Waals surface area contributed by atoms with Crippen molar-refractivity contribution in [1.29, 1.82) is 0 Å². The van der Waals surface area contributed by atoms with Crippen LogP contribution in [0, 0.1) is 17.8 Å². The summed E-state index contributed by atoms with van der Waals surface area (Å²) in [5, 5.41) is -0.210. The Morgan fingerprint density at radius 1 is 1.15 bits per heavy atom. The zero-order valence-corrected chi connectivity index (χ0v) is 8.88. The molecule has 4 atom stereocenters. The summed E-state index contributed by atoms with van der Waals surface area (Å²) in [6, 6.07) is 0. The summed E-state index contributed by atoms with van der Waals surface area (Å²) in [6.45, 7) is 2.22. The number of hydrogen-bond acceptors (Lipinski definition) is 3. The van der Waals surface area contributed by atoms with Crippen molar-refractivity contribution in [2.24, 2.45) is 17.8 Å². The van der Waals surface area contributed by atoms with Crippen molar-refractivity contribution < 1.29 is 12.6 Å². The standard InChI is InChI=1S/C9H16O3S/c1-6-3-8-4-7(6)5-9(8)13(10,11)12-2/h6-9H,3-5H2,1-2H3/t6?,7-,8?,9?/m0/s1. The van der Waals surface area contributed by atoms with Crippen molar-refractivity contribution >= 4 is 10.1 Å². The van der Waals surface area contributed by atoms with Gasteiger partial charge in [0, 0.05) is 0 Å². The van der Waals surface area contributed by atoms with Crippen LogP contribution in [0.25, 0.3) is 0 Å². The average molecular weight is 204 g/mol. The van der Waals surface area contributed by atoms with Gasteiger partial charge in [0.05, 0.1) is 12.4 Å². The monoisotopic (exact) mass is 204 g/mol. The van der Waals surface area contributed by atoms with Crippen LogP contribution in [-0.4, -0.2) is 20.8 Å². The van der Waals surface area contributed by atoms with Crippen molar-refractivity contribution in [2.75, 3.05) is 7.11 Å². The van der Waals surface area contributed by atoms with Gasteiger partial charge >= 0.3 is 0 Å². The van der Waals surface area contributed by atoms with Gasteiger partial charge in [-0.1, -0.05) is 6.92 Å². The lowest BCUT2D eigenvalue weighted by Crippen LogP contribution is -2.30. The van der Waals surface area contributed by atoms with Crippen LogP contribution in [-0.2, 0) is 14.3 Å². The van der Waals surface area contributed by atoms with Crippen molar-refractivity contribution in [1.82, 2.24) is 0 Å². The Hall–Kier alpha value is -0.0900. The van der Waals surface area contributed by atoms with E-state index in [0.717, 1.165) is 19.3 Å². The summed E-state index contributed by atoms with van der Waals surface area (Å²) in [5.74, 6) is 1.71. The first kappa shape index (κ1) is 9.46. The van der Waals surface area contributed by atoms with E-state index in [1.807, 2.05) is 0 Å². The van der Waals surface area contributed by atoms with E-state index in [1.54, 1.807) is 0 Å². The second-order valence-corrected chi connectivity index (χ2v) is 6.33. The van der Waals surface area contributed by atoms with Crippen LogP contribution >= 0.6 is 0 Å². The van der Waals surface area contributed by atoms with Crippen molar-refractivity contribution in [3.8, 4) is 0 Å². The van der Waals surface area contributed by atoms with Gasteiger partial charge < -0.3 is 0 Å². The van der Waals surface area contributed by atoms with Gasteiger partial charge in [-0.15, -0.1) is 0 Å². The Morgan fingerprint density at radius 2 is 1.85 bits per heavy atom. The van der Waals surface area contributed by atoms with Crippen LogP contribution in [0.5, 0.6) is 0 Å². The van der Waals surface area contributed by atoms with E-state index in [2.05, 4.69) is 11.1 Å². The third-order valence-corrected chi connectivity index (χ3v) is 5.53. The van der Waals surface area contributed by atoms with Crippen LogP contribution in [0.1, 0.15) is 26.2 Å². The third-order valence-electron chi connectivity index (χ3n) is 3.75. The van der Waals surface area contributed by atoms with Gasteiger partial charge in [-0.05, 0) is 37.0 Å². The molecule has 3 nitrogen and oxygen atoms in total. The largest absolute Gasteiger partial charge is 0.273 e. The lowest BCUT2D eigenvalue weighted by atomic mass is 9.90. The highest BCUT2D eigenvalue weighted by molar-refractivity contribution is 7.87. The normalized spacial score (nSPS) is 44.2. The highest BCUT2D eigenvalue weighted by Gasteiger charge is 2.49. The minimum atomic E-state index is -3.25. The summed E-state index contributed by atoms with van der Waals surface area (Å²) < 4.78 is 27.5. The van der Waals surface area contributed by atoms with Gasteiger partial charge in [0.2, 0.25) is 0 Å². The molecular formula is C9H16O3S. The molecule has 0 radical (unpaired) electrons. The highest BCUT2D eigenvalue weighted by Crippen LogP contribution is 2.50. The van der Waals surface area contributed by atoms with E-state index in [-0.39, 0.29) is 5.25 Å². The Labute approximate surface area is 79.6 Å². The third kappa shape index (κ3) is 1.40. The fourth-order valence-corrected chi connectivity index (χ4v) is 4.41.